The molecule has 0 aliphatic heterocycles. The molecule has 0 atom stereocenters. The molecule has 0 saturated carbocycles. The van der Waals surface area contributed by atoms with Crippen molar-refractivity contribution in [3.63, 3.8) is 0 Å². The average Bonchev–Trinajstić information content (AvgIpc) is 2.59. The molecule has 0 spiro atoms. The molecule has 0 aliphatic carbocycles. The summed E-state index contributed by atoms with van der Waals surface area (Å²) in [5.74, 6) is 0.914. The zero-order valence-corrected chi connectivity index (χ0v) is 15.1. The molecule has 0 unspecified atom stereocenters. The van der Waals surface area contributed by atoms with Gasteiger partial charge in [-0.25, -0.2) is 0 Å². The van der Waals surface area contributed by atoms with Gasteiger partial charge in [0.1, 0.15) is 5.75 Å². The predicted octanol–water partition coefficient (Wildman–Crippen LogP) is 6.39. The van der Waals surface area contributed by atoms with Crippen molar-refractivity contribution in [2.45, 2.75) is 20.8 Å². The van der Waals surface area contributed by atoms with Gasteiger partial charge in [-0.15, -0.1) is 0 Å². The monoisotopic (exact) mass is 325 g/mol. The first kappa shape index (κ1) is 15.7. The van der Waals surface area contributed by atoms with Crippen LogP contribution >= 0.6 is 0 Å². The van der Waals surface area contributed by atoms with Gasteiger partial charge in [-0.05, 0) is 77.4 Å². The van der Waals surface area contributed by atoms with Gasteiger partial charge in [-0.2, -0.15) is 0 Å². The first-order valence-electron chi connectivity index (χ1n) is 8.59. The lowest BCUT2D eigenvalue weighted by Gasteiger charge is -2.18. The van der Waals surface area contributed by atoms with Crippen molar-refractivity contribution < 1.29 is 4.74 Å². The summed E-state index contributed by atoms with van der Waals surface area (Å²) >= 11 is 0. The van der Waals surface area contributed by atoms with Crippen LogP contribution in [0, 0.1) is 26.8 Å². The van der Waals surface area contributed by atoms with Crippen molar-refractivity contribution in [2.75, 3.05) is 7.11 Å². The van der Waals surface area contributed by atoms with E-state index in [4.69, 9.17) is 4.74 Å². The summed E-state index contributed by atoms with van der Waals surface area (Å²) in [6.45, 7) is 6.44. The van der Waals surface area contributed by atoms with Gasteiger partial charge in [0.2, 0.25) is 0 Å². The molecule has 0 saturated heterocycles. The molecule has 1 nitrogen and oxygen atoms in total. The minimum Gasteiger partial charge on any atom is -0.496 e. The Hall–Kier alpha value is -2.80. The topological polar surface area (TPSA) is 9.23 Å². The number of benzene rings is 4. The van der Waals surface area contributed by atoms with E-state index in [1.807, 2.05) is 6.07 Å². The Kier molecular flexibility index (Phi) is 3.73. The highest BCUT2D eigenvalue weighted by atomic mass is 16.5. The summed E-state index contributed by atoms with van der Waals surface area (Å²) in [5, 5.41) is 4.88. The molecule has 4 aromatic rings. The first-order chi connectivity index (χ1) is 12.1. The van der Waals surface area contributed by atoms with Crippen LogP contribution in [0.4, 0.5) is 0 Å². The highest BCUT2D eigenvalue weighted by molar-refractivity contribution is 6.15. The number of ether oxygens (including phenoxy) is 1. The third kappa shape index (κ3) is 2.47. The summed E-state index contributed by atoms with van der Waals surface area (Å²) in [4.78, 5) is 0. The number of methoxy groups -OCH3 is 1. The molecule has 25 heavy (non-hydrogen) atoms. The van der Waals surface area contributed by atoms with Crippen LogP contribution in [0.3, 0.4) is 0 Å². The molecule has 1 heteroatoms. The van der Waals surface area contributed by atoms with Gasteiger partial charge in [0.25, 0.3) is 0 Å². The Morgan fingerprint density at radius 3 is 2.32 bits per heavy atom. The Labute approximate surface area is 148 Å². The summed E-state index contributed by atoms with van der Waals surface area (Å²) < 4.78 is 5.73. The SMILES string of the molecule is COc1cccc2cc3ccccc3c(-c3c(C)[c]c(C)cc3C)c12. The molecular formula is C24H21O. The van der Waals surface area contributed by atoms with Crippen LogP contribution in [-0.2, 0) is 0 Å². The van der Waals surface area contributed by atoms with Gasteiger partial charge in [0, 0.05) is 10.9 Å². The lowest BCUT2D eigenvalue weighted by Crippen LogP contribution is -1.95. The third-order valence-corrected chi connectivity index (χ3v) is 4.91. The van der Waals surface area contributed by atoms with E-state index in [-0.39, 0.29) is 0 Å². The molecule has 0 bridgehead atoms. The largest absolute Gasteiger partial charge is 0.496 e. The molecule has 0 N–H and O–H groups in total. The normalized spacial score (nSPS) is 11.2. The fourth-order valence-corrected chi connectivity index (χ4v) is 3.99. The molecular weight excluding hydrogens is 304 g/mol. The van der Waals surface area contributed by atoms with Crippen molar-refractivity contribution in [3.8, 4) is 16.9 Å². The molecule has 0 fully saturated rings. The molecule has 1 radical (unpaired) electrons. The Balaban J connectivity index is 2.28. The maximum atomic E-state index is 5.73. The molecule has 0 amide bonds. The Morgan fingerprint density at radius 2 is 1.56 bits per heavy atom. The zero-order chi connectivity index (χ0) is 17.6. The van der Waals surface area contributed by atoms with E-state index in [1.54, 1.807) is 7.11 Å². The van der Waals surface area contributed by atoms with Crippen LogP contribution in [-0.4, -0.2) is 7.11 Å². The minimum absolute atomic E-state index is 0.914. The lowest BCUT2D eigenvalue weighted by atomic mass is 9.86. The Bertz CT molecular complexity index is 1080. The van der Waals surface area contributed by atoms with Gasteiger partial charge >= 0.3 is 0 Å². The second-order valence-electron chi connectivity index (χ2n) is 6.67. The second-order valence-corrected chi connectivity index (χ2v) is 6.67. The first-order valence-corrected chi connectivity index (χ1v) is 8.59. The number of hydrogen-bond acceptors (Lipinski definition) is 1. The molecule has 0 aromatic heterocycles. The predicted molar refractivity (Wildman–Crippen MR) is 106 cm³/mol. The zero-order valence-electron chi connectivity index (χ0n) is 15.1. The Morgan fingerprint density at radius 1 is 0.800 bits per heavy atom. The average molecular weight is 325 g/mol. The summed E-state index contributed by atoms with van der Waals surface area (Å²) in [7, 11) is 1.74. The van der Waals surface area contributed by atoms with E-state index < -0.39 is 0 Å². The fraction of sp³-hybridized carbons (Fsp3) is 0.167. The van der Waals surface area contributed by atoms with E-state index in [2.05, 4.69) is 75.4 Å². The molecule has 4 rings (SSSR count). The lowest BCUT2D eigenvalue weighted by molar-refractivity contribution is 0.420. The van der Waals surface area contributed by atoms with Gasteiger partial charge in [0.05, 0.1) is 7.11 Å². The molecule has 4 aromatic carbocycles. The van der Waals surface area contributed by atoms with E-state index in [9.17, 15) is 0 Å². The second kappa shape index (κ2) is 5.93. The number of aryl methyl sites for hydroxylation is 3. The van der Waals surface area contributed by atoms with Gasteiger partial charge in [0.15, 0.2) is 0 Å². The van der Waals surface area contributed by atoms with Crippen molar-refractivity contribution in [3.05, 3.63) is 77.4 Å². The van der Waals surface area contributed by atoms with Crippen LogP contribution < -0.4 is 4.74 Å². The van der Waals surface area contributed by atoms with E-state index >= 15 is 0 Å². The third-order valence-electron chi connectivity index (χ3n) is 4.91. The van der Waals surface area contributed by atoms with Crippen LogP contribution in [0.2, 0.25) is 0 Å². The highest BCUT2D eigenvalue weighted by Crippen LogP contribution is 2.43. The maximum Gasteiger partial charge on any atom is 0.127 e. The molecule has 123 valence electrons. The number of rotatable bonds is 2. The van der Waals surface area contributed by atoms with Crippen LogP contribution in [0.15, 0.2) is 54.6 Å². The van der Waals surface area contributed by atoms with Crippen LogP contribution in [0.1, 0.15) is 16.7 Å². The van der Waals surface area contributed by atoms with Gasteiger partial charge < -0.3 is 4.74 Å². The van der Waals surface area contributed by atoms with Crippen LogP contribution in [0.5, 0.6) is 5.75 Å². The van der Waals surface area contributed by atoms with Crippen molar-refractivity contribution >= 4 is 21.5 Å². The van der Waals surface area contributed by atoms with Crippen molar-refractivity contribution in [1.82, 2.24) is 0 Å². The number of fused-ring (bicyclic) bond motifs is 2. The summed E-state index contributed by atoms with van der Waals surface area (Å²) in [6.07, 6.45) is 0. The van der Waals surface area contributed by atoms with Crippen molar-refractivity contribution in [1.29, 1.82) is 0 Å². The summed E-state index contributed by atoms with van der Waals surface area (Å²) in [6, 6.07) is 22.8. The maximum absolute atomic E-state index is 5.73. The quantitative estimate of drug-likeness (QED) is 0.388. The van der Waals surface area contributed by atoms with Crippen molar-refractivity contribution in [2.24, 2.45) is 0 Å². The van der Waals surface area contributed by atoms with Gasteiger partial charge in [-0.1, -0.05) is 42.5 Å². The number of hydrogen-bond donors (Lipinski definition) is 0. The standard InChI is InChI=1S/C24H21O/c1-15-12-16(2)22(17(3)13-15)24-20-10-6-5-8-18(20)14-19-9-7-11-21(25-4)23(19)24/h5-12,14H,1-4H3. The molecule has 0 heterocycles. The van der Waals surface area contributed by atoms with E-state index in [0.29, 0.717) is 0 Å². The smallest absolute Gasteiger partial charge is 0.127 e. The van der Waals surface area contributed by atoms with E-state index in [0.717, 1.165) is 5.75 Å². The molecule has 0 aliphatic rings. The van der Waals surface area contributed by atoms with Gasteiger partial charge in [-0.3, -0.25) is 0 Å². The van der Waals surface area contributed by atoms with Crippen LogP contribution in [0.25, 0.3) is 32.7 Å². The minimum atomic E-state index is 0.914. The van der Waals surface area contributed by atoms with E-state index in [1.165, 1.54) is 49.4 Å². The highest BCUT2D eigenvalue weighted by Gasteiger charge is 2.17. The fourth-order valence-electron chi connectivity index (χ4n) is 3.99. The summed E-state index contributed by atoms with van der Waals surface area (Å²) in [5.41, 5.74) is 6.14.